The van der Waals surface area contributed by atoms with Crippen LogP contribution >= 0.6 is 11.5 Å². The van der Waals surface area contributed by atoms with Gasteiger partial charge >= 0.3 is 5.97 Å². The predicted octanol–water partition coefficient (Wildman–Crippen LogP) is 0.926. The minimum absolute atomic E-state index is 0.0484. The summed E-state index contributed by atoms with van der Waals surface area (Å²) in [5.41, 5.74) is 0. The third-order valence-electron chi connectivity index (χ3n) is 3.94. The summed E-state index contributed by atoms with van der Waals surface area (Å²) in [6.07, 6.45) is 1.75. The number of ether oxygens (including phenoxy) is 1. The maximum absolute atomic E-state index is 11.8. The quantitative estimate of drug-likeness (QED) is 0.773. The van der Waals surface area contributed by atoms with Gasteiger partial charge in [-0.2, -0.15) is 4.37 Å². The van der Waals surface area contributed by atoms with Crippen LogP contribution in [0.15, 0.2) is 0 Å². The first-order chi connectivity index (χ1) is 9.67. The van der Waals surface area contributed by atoms with Crippen LogP contribution in [0.3, 0.4) is 0 Å². The number of hydrogen-bond acceptors (Lipinski definition) is 7. The highest BCUT2D eigenvalue weighted by Gasteiger charge is 2.37. The molecular weight excluding hydrogens is 276 g/mol. The zero-order chi connectivity index (χ0) is 14.1. The molecule has 2 aliphatic rings. The molecule has 0 saturated carbocycles. The van der Waals surface area contributed by atoms with Crippen molar-refractivity contribution >= 4 is 22.6 Å². The first-order valence-electron chi connectivity index (χ1n) is 7.19. The molecular formula is C13H20N4O2S. The van der Waals surface area contributed by atoms with Crippen molar-refractivity contribution in [2.75, 3.05) is 31.1 Å². The summed E-state index contributed by atoms with van der Waals surface area (Å²) in [6.45, 7) is 7.59. The summed E-state index contributed by atoms with van der Waals surface area (Å²) < 4.78 is 9.57. The molecule has 0 bridgehead atoms. The third kappa shape index (κ3) is 2.64. The molecule has 0 radical (unpaired) electrons. The molecule has 110 valence electrons. The molecule has 0 amide bonds. The van der Waals surface area contributed by atoms with Crippen LogP contribution in [0.4, 0.5) is 5.13 Å². The fraction of sp³-hybridized carbons (Fsp3) is 0.769. The molecule has 3 heterocycles. The van der Waals surface area contributed by atoms with E-state index in [-0.39, 0.29) is 18.1 Å². The number of cyclic esters (lactones) is 1. The van der Waals surface area contributed by atoms with Crippen molar-refractivity contribution in [2.24, 2.45) is 0 Å². The van der Waals surface area contributed by atoms with Crippen LogP contribution in [0.5, 0.6) is 0 Å². The van der Waals surface area contributed by atoms with Crippen molar-refractivity contribution in [2.45, 2.75) is 38.8 Å². The van der Waals surface area contributed by atoms with E-state index in [1.807, 2.05) is 6.92 Å². The number of carbonyl (C=O) groups excluding carboxylic acids is 1. The average molecular weight is 296 g/mol. The lowest BCUT2D eigenvalue weighted by atomic mass is 10.1. The lowest BCUT2D eigenvalue weighted by Gasteiger charge is -2.36. The molecule has 0 aromatic carbocycles. The fourth-order valence-corrected chi connectivity index (χ4v) is 3.58. The molecule has 6 nitrogen and oxygen atoms in total. The smallest absolute Gasteiger partial charge is 0.323 e. The summed E-state index contributed by atoms with van der Waals surface area (Å²) in [6, 6.07) is -0.0484. The average Bonchev–Trinajstić information content (AvgIpc) is 3.05. The molecule has 2 atom stereocenters. The van der Waals surface area contributed by atoms with Crippen LogP contribution in [0, 0.1) is 0 Å². The number of rotatable bonds is 3. The summed E-state index contributed by atoms with van der Waals surface area (Å²) in [4.78, 5) is 20.8. The Bertz CT molecular complexity index is 484. The Kier molecular flexibility index (Phi) is 3.89. The molecule has 2 saturated heterocycles. The number of anilines is 1. The van der Waals surface area contributed by atoms with Gasteiger partial charge in [0.05, 0.1) is 0 Å². The Morgan fingerprint density at radius 1 is 1.35 bits per heavy atom. The summed E-state index contributed by atoms with van der Waals surface area (Å²) in [5, 5.41) is 1.00. The fourth-order valence-electron chi connectivity index (χ4n) is 2.78. The van der Waals surface area contributed by atoms with Gasteiger partial charge < -0.3 is 9.64 Å². The van der Waals surface area contributed by atoms with E-state index in [9.17, 15) is 4.79 Å². The Morgan fingerprint density at radius 3 is 2.65 bits per heavy atom. The van der Waals surface area contributed by atoms with Crippen molar-refractivity contribution in [3.8, 4) is 0 Å². The van der Waals surface area contributed by atoms with E-state index in [0.717, 1.165) is 50.0 Å². The third-order valence-corrected chi connectivity index (χ3v) is 4.76. The summed E-state index contributed by atoms with van der Waals surface area (Å²) in [7, 11) is 0. The van der Waals surface area contributed by atoms with Crippen LogP contribution in [-0.4, -0.2) is 58.6 Å². The number of esters is 1. The Balaban J connectivity index is 1.58. The van der Waals surface area contributed by atoms with E-state index in [0.29, 0.717) is 0 Å². The Labute approximate surface area is 122 Å². The largest absolute Gasteiger partial charge is 0.461 e. The molecule has 2 fully saturated rings. The van der Waals surface area contributed by atoms with E-state index < -0.39 is 0 Å². The van der Waals surface area contributed by atoms with Gasteiger partial charge in [0.2, 0.25) is 5.13 Å². The number of aromatic nitrogens is 2. The molecule has 0 N–H and O–H groups in total. The van der Waals surface area contributed by atoms with E-state index >= 15 is 0 Å². The van der Waals surface area contributed by atoms with E-state index in [1.165, 1.54) is 11.5 Å². The van der Waals surface area contributed by atoms with Crippen LogP contribution < -0.4 is 4.90 Å². The Hall–Kier alpha value is -1.21. The van der Waals surface area contributed by atoms with Gasteiger partial charge in [-0.3, -0.25) is 9.69 Å². The van der Waals surface area contributed by atoms with Gasteiger partial charge in [0.1, 0.15) is 18.0 Å². The van der Waals surface area contributed by atoms with E-state index in [1.54, 1.807) is 0 Å². The SMILES string of the molecule is CCc1nsc(N2CCN([C@@H]3C[C@@H](C)OC3=O)CC2)n1. The number of nitrogens with zero attached hydrogens (tertiary/aromatic N) is 4. The van der Waals surface area contributed by atoms with E-state index in [4.69, 9.17) is 4.74 Å². The highest BCUT2D eigenvalue weighted by atomic mass is 32.1. The second-order valence-corrected chi connectivity index (χ2v) is 6.10. The number of piperazine rings is 1. The summed E-state index contributed by atoms with van der Waals surface area (Å²) >= 11 is 1.47. The predicted molar refractivity (Wildman–Crippen MR) is 77.0 cm³/mol. The molecule has 0 unspecified atom stereocenters. The lowest BCUT2D eigenvalue weighted by Crippen LogP contribution is -2.51. The second-order valence-electron chi connectivity index (χ2n) is 5.37. The monoisotopic (exact) mass is 296 g/mol. The molecule has 1 aromatic heterocycles. The van der Waals surface area contributed by atoms with Gasteiger partial charge in [-0.1, -0.05) is 6.92 Å². The minimum atomic E-state index is -0.0601. The summed E-state index contributed by atoms with van der Waals surface area (Å²) in [5.74, 6) is 0.857. The van der Waals surface area contributed by atoms with Crippen molar-refractivity contribution in [1.29, 1.82) is 0 Å². The maximum atomic E-state index is 11.8. The molecule has 2 aliphatic heterocycles. The molecule has 1 aromatic rings. The van der Waals surface area contributed by atoms with Gasteiger partial charge in [-0.25, -0.2) is 4.98 Å². The maximum Gasteiger partial charge on any atom is 0.323 e. The molecule has 0 aliphatic carbocycles. The zero-order valence-corrected chi connectivity index (χ0v) is 12.7. The van der Waals surface area contributed by atoms with Gasteiger partial charge in [0.15, 0.2) is 0 Å². The first kappa shape index (κ1) is 13.8. The van der Waals surface area contributed by atoms with Crippen LogP contribution in [0.25, 0.3) is 0 Å². The minimum Gasteiger partial charge on any atom is -0.461 e. The van der Waals surface area contributed by atoms with Crippen LogP contribution in [0.1, 0.15) is 26.1 Å². The van der Waals surface area contributed by atoms with Crippen molar-refractivity contribution in [3.05, 3.63) is 5.82 Å². The lowest BCUT2D eigenvalue weighted by molar-refractivity contribution is -0.144. The van der Waals surface area contributed by atoms with Crippen molar-refractivity contribution in [1.82, 2.24) is 14.3 Å². The topological polar surface area (TPSA) is 58.6 Å². The van der Waals surface area contributed by atoms with Crippen molar-refractivity contribution in [3.63, 3.8) is 0 Å². The van der Waals surface area contributed by atoms with E-state index in [2.05, 4.69) is 26.1 Å². The normalized spacial score (nSPS) is 27.9. The standard InChI is InChI=1S/C13H20N4O2S/c1-3-11-14-13(20-15-11)17-6-4-16(5-7-17)10-8-9(2)19-12(10)18/h9-10H,3-8H2,1-2H3/t9-,10-/m1/s1. The highest BCUT2D eigenvalue weighted by molar-refractivity contribution is 7.09. The molecule has 0 spiro atoms. The van der Waals surface area contributed by atoms with Crippen LogP contribution in [-0.2, 0) is 16.0 Å². The van der Waals surface area contributed by atoms with Crippen LogP contribution in [0.2, 0.25) is 0 Å². The number of hydrogen-bond donors (Lipinski definition) is 0. The second kappa shape index (κ2) is 5.65. The van der Waals surface area contributed by atoms with Crippen molar-refractivity contribution < 1.29 is 9.53 Å². The Morgan fingerprint density at radius 2 is 2.10 bits per heavy atom. The van der Waals surface area contributed by atoms with Gasteiger partial charge in [0.25, 0.3) is 0 Å². The molecule has 20 heavy (non-hydrogen) atoms. The number of aryl methyl sites for hydroxylation is 1. The molecule has 3 rings (SSSR count). The zero-order valence-electron chi connectivity index (χ0n) is 11.9. The molecule has 7 heteroatoms. The van der Waals surface area contributed by atoms with Gasteiger partial charge in [-0.05, 0) is 6.92 Å². The highest BCUT2D eigenvalue weighted by Crippen LogP contribution is 2.24. The first-order valence-corrected chi connectivity index (χ1v) is 7.96. The van der Waals surface area contributed by atoms with Gasteiger partial charge in [0, 0.05) is 50.6 Å². The van der Waals surface area contributed by atoms with Gasteiger partial charge in [-0.15, -0.1) is 0 Å². The number of carbonyl (C=O) groups is 1.